The van der Waals surface area contributed by atoms with Crippen LogP contribution in [0.15, 0.2) is 12.1 Å². The van der Waals surface area contributed by atoms with Crippen LogP contribution >= 0.6 is 0 Å². The SMILES string of the molecule is CNC(=O)c1cc(C(=O)NC)c(NC(=O)CC#N)cc1NC(=O)CC#N. The second-order valence-corrected chi connectivity index (χ2v) is 4.87. The van der Waals surface area contributed by atoms with Gasteiger partial charge in [0.1, 0.15) is 12.8 Å². The van der Waals surface area contributed by atoms with Crippen LogP contribution < -0.4 is 21.3 Å². The summed E-state index contributed by atoms with van der Waals surface area (Å²) in [5, 5.41) is 26.7. The standard InChI is InChI=1S/C16H16N6O4/c1-19-15(25)9-7-10(16(26)20-2)12(22-14(24)4-6-18)8-11(9)21-13(23)3-5-17/h7-8H,3-4H2,1-2H3,(H,19,25)(H,20,26)(H,21,23)(H,22,24). The molecule has 0 fully saturated rings. The lowest BCUT2D eigenvalue weighted by molar-refractivity contribution is -0.116. The van der Waals surface area contributed by atoms with Gasteiger partial charge in [0.05, 0.1) is 34.6 Å². The summed E-state index contributed by atoms with van der Waals surface area (Å²) in [6.07, 6.45) is -0.888. The van der Waals surface area contributed by atoms with Gasteiger partial charge in [-0.2, -0.15) is 10.5 Å². The number of hydrogen-bond acceptors (Lipinski definition) is 6. The molecule has 0 bridgehead atoms. The van der Waals surface area contributed by atoms with E-state index in [0.29, 0.717) is 0 Å². The smallest absolute Gasteiger partial charge is 0.253 e. The molecule has 0 saturated carbocycles. The lowest BCUT2D eigenvalue weighted by Gasteiger charge is -2.16. The van der Waals surface area contributed by atoms with Crippen molar-refractivity contribution in [1.82, 2.24) is 10.6 Å². The average molecular weight is 356 g/mol. The fourth-order valence-corrected chi connectivity index (χ4v) is 1.98. The Balaban J connectivity index is 3.50. The molecule has 1 aromatic carbocycles. The second kappa shape index (κ2) is 9.39. The molecule has 134 valence electrons. The van der Waals surface area contributed by atoms with Crippen molar-refractivity contribution in [3.05, 3.63) is 23.3 Å². The molecule has 10 heteroatoms. The van der Waals surface area contributed by atoms with Gasteiger partial charge in [-0.1, -0.05) is 0 Å². The van der Waals surface area contributed by atoms with Crippen LogP contribution in [-0.2, 0) is 9.59 Å². The maximum Gasteiger partial charge on any atom is 0.253 e. The predicted molar refractivity (Wildman–Crippen MR) is 90.9 cm³/mol. The van der Waals surface area contributed by atoms with E-state index in [-0.39, 0.29) is 22.5 Å². The van der Waals surface area contributed by atoms with Gasteiger partial charge in [0.2, 0.25) is 11.8 Å². The van der Waals surface area contributed by atoms with E-state index in [2.05, 4.69) is 21.3 Å². The number of nitrogens with zero attached hydrogens (tertiary/aromatic N) is 2. The number of benzene rings is 1. The van der Waals surface area contributed by atoms with Crippen molar-refractivity contribution in [1.29, 1.82) is 10.5 Å². The molecule has 26 heavy (non-hydrogen) atoms. The van der Waals surface area contributed by atoms with Crippen LogP contribution in [0, 0.1) is 22.7 Å². The van der Waals surface area contributed by atoms with Gasteiger partial charge in [-0.25, -0.2) is 0 Å². The molecule has 0 radical (unpaired) electrons. The normalized spacial score (nSPS) is 9.23. The summed E-state index contributed by atoms with van der Waals surface area (Å²) in [6, 6.07) is 5.76. The molecule has 0 aromatic heterocycles. The largest absolute Gasteiger partial charge is 0.355 e. The second-order valence-electron chi connectivity index (χ2n) is 4.87. The molecule has 10 nitrogen and oxygen atoms in total. The summed E-state index contributed by atoms with van der Waals surface area (Å²) in [6.45, 7) is 0. The fraction of sp³-hybridized carbons (Fsp3) is 0.250. The molecule has 0 spiro atoms. The maximum atomic E-state index is 12.1. The Bertz CT molecular complexity index is 769. The zero-order chi connectivity index (χ0) is 19.7. The zero-order valence-electron chi connectivity index (χ0n) is 14.1. The summed E-state index contributed by atoms with van der Waals surface area (Å²) in [4.78, 5) is 47.6. The molecule has 4 N–H and O–H groups in total. The monoisotopic (exact) mass is 356 g/mol. The molecule has 0 unspecified atom stereocenters. The quantitative estimate of drug-likeness (QED) is 0.565. The molecule has 0 aliphatic carbocycles. The van der Waals surface area contributed by atoms with Gasteiger partial charge in [0.15, 0.2) is 0 Å². The number of nitrogens with one attached hydrogen (secondary N) is 4. The summed E-state index contributed by atoms with van der Waals surface area (Å²) in [5.74, 6) is -2.51. The Kier molecular flexibility index (Phi) is 7.27. The van der Waals surface area contributed by atoms with Gasteiger partial charge in [0, 0.05) is 14.1 Å². The summed E-state index contributed by atoms with van der Waals surface area (Å²) in [7, 11) is 2.73. The van der Waals surface area contributed by atoms with Gasteiger partial charge < -0.3 is 21.3 Å². The summed E-state index contributed by atoms with van der Waals surface area (Å²) in [5.41, 5.74) is -0.0552. The Morgan fingerprint density at radius 3 is 1.50 bits per heavy atom. The van der Waals surface area contributed by atoms with Gasteiger partial charge in [-0.05, 0) is 12.1 Å². The molecule has 1 rings (SSSR count). The number of amides is 4. The highest BCUT2D eigenvalue weighted by Gasteiger charge is 2.21. The number of rotatable bonds is 6. The molecule has 0 saturated heterocycles. The number of nitriles is 2. The molecular weight excluding hydrogens is 340 g/mol. The first-order valence-corrected chi connectivity index (χ1v) is 7.33. The highest BCUT2D eigenvalue weighted by atomic mass is 16.2. The van der Waals surface area contributed by atoms with Crippen LogP contribution in [0.4, 0.5) is 11.4 Å². The van der Waals surface area contributed by atoms with Crippen molar-refractivity contribution < 1.29 is 19.2 Å². The van der Waals surface area contributed by atoms with Crippen molar-refractivity contribution in [3.8, 4) is 12.1 Å². The van der Waals surface area contributed by atoms with Gasteiger partial charge in [0.25, 0.3) is 11.8 Å². The number of anilines is 2. The van der Waals surface area contributed by atoms with E-state index >= 15 is 0 Å². The first-order chi connectivity index (χ1) is 12.4. The minimum atomic E-state index is -0.667. The predicted octanol–water partition coefficient (Wildman–Crippen LogP) is 0.110. The molecule has 4 amide bonds. The van der Waals surface area contributed by atoms with E-state index in [1.165, 1.54) is 26.2 Å². The highest BCUT2D eigenvalue weighted by molar-refractivity contribution is 6.11. The van der Waals surface area contributed by atoms with Crippen molar-refractivity contribution in [2.75, 3.05) is 24.7 Å². The van der Waals surface area contributed by atoms with Crippen molar-refractivity contribution in [3.63, 3.8) is 0 Å². The first-order valence-electron chi connectivity index (χ1n) is 7.33. The third kappa shape index (κ3) is 5.04. The van der Waals surface area contributed by atoms with Gasteiger partial charge in [-0.15, -0.1) is 0 Å². The Labute approximate surface area is 149 Å². The topological polar surface area (TPSA) is 164 Å². The number of carbonyl (C=O) groups excluding carboxylic acids is 4. The average Bonchev–Trinajstić information content (AvgIpc) is 2.61. The number of hydrogen-bond donors (Lipinski definition) is 4. The van der Waals surface area contributed by atoms with Crippen LogP contribution in [-0.4, -0.2) is 37.7 Å². The van der Waals surface area contributed by atoms with E-state index in [1.807, 2.05) is 0 Å². The lowest BCUT2D eigenvalue weighted by atomic mass is 10.0. The van der Waals surface area contributed by atoms with Crippen LogP contribution in [0.3, 0.4) is 0 Å². The van der Waals surface area contributed by atoms with Gasteiger partial charge >= 0.3 is 0 Å². The first kappa shape index (κ1) is 20.1. The van der Waals surface area contributed by atoms with Crippen LogP contribution in [0.1, 0.15) is 33.6 Å². The summed E-state index contributed by atoms with van der Waals surface area (Å²) < 4.78 is 0. The Morgan fingerprint density at radius 2 is 1.19 bits per heavy atom. The Morgan fingerprint density at radius 1 is 0.808 bits per heavy atom. The zero-order valence-corrected chi connectivity index (χ0v) is 14.1. The maximum absolute atomic E-state index is 12.1. The van der Waals surface area contributed by atoms with Crippen LogP contribution in [0.2, 0.25) is 0 Å². The third-order valence-electron chi connectivity index (χ3n) is 3.13. The van der Waals surface area contributed by atoms with Crippen LogP contribution in [0.5, 0.6) is 0 Å². The van der Waals surface area contributed by atoms with E-state index in [1.54, 1.807) is 12.1 Å². The highest BCUT2D eigenvalue weighted by Crippen LogP contribution is 2.26. The molecule has 0 aliphatic rings. The number of carbonyl (C=O) groups is 4. The third-order valence-corrected chi connectivity index (χ3v) is 3.13. The van der Waals surface area contributed by atoms with Crippen molar-refractivity contribution in [2.24, 2.45) is 0 Å². The van der Waals surface area contributed by atoms with Crippen molar-refractivity contribution >= 4 is 35.0 Å². The summed E-state index contributed by atoms with van der Waals surface area (Å²) >= 11 is 0. The minimum Gasteiger partial charge on any atom is -0.355 e. The van der Waals surface area contributed by atoms with Crippen LogP contribution in [0.25, 0.3) is 0 Å². The molecule has 0 heterocycles. The van der Waals surface area contributed by atoms with E-state index in [9.17, 15) is 19.2 Å². The fourth-order valence-electron chi connectivity index (χ4n) is 1.98. The van der Waals surface area contributed by atoms with E-state index in [4.69, 9.17) is 10.5 Å². The van der Waals surface area contributed by atoms with E-state index < -0.39 is 36.5 Å². The van der Waals surface area contributed by atoms with E-state index in [0.717, 1.165) is 0 Å². The molecule has 0 atom stereocenters. The molecular formula is C16H16N6O4. The minimum absolute atomic E-state index is 0.00418. The van der Waals surface area contributed by atoms with Crippen molar-refractivity contribution in [2.45, 2.75) is 12.8 Å². The Hall–Kier alpha value is -3.92. The lowest BCUT2D eigenvalue weighted by Crippen LogP contribution is -2.25. The molecule has 1 aromatic rings. The van der Waals surface area contributed by atoms with Gasteiger partial charge in [-0.3, -0.25) is 19.2 Å². The molecule has 0 aliphatic heterocycles.